The minimum Gasteiger partial charge on any atom is -0.439 e. The average Bonchev–Trinajstić information content (AvgIpc) is 2.85. The lowest BCUT2D eigenvalue weighted by atomic mass is 10.2. The molecule has 0 aliphatic carbocycles. The van der Waals surface area contributed by atoms with Crippen LogP contribution in [0.5, 0.6) is 11.6 Å². The Morgan fingerprint density at radius 1 is 1.17 bits per heavy atom. The normalized spacial score (nSPS) is 10.4. The summed E-state index contributed by atoms with van der Waals surface area (Å²) in [5.41, 5.74) is 9.03. The average molecular weight is 338 g/mol. The molecule has 1 aromatic heterocycles. The highest BCUT2D eigenvalue weighted by atomic mass is 35.5. The van der Waals surface area contributed by atoms with Crippen LogP contribution in [0.15, 0.2) is 54.6 Å². The van der Waals surface area contributed by atoms with Gasteiger partial charge >= 0.3 is 0 Å². The molecule has 2 N–H and O–H groups in total. The van der Waals surface area contributed by atoms with Gasteiger partial charge in [-0.15, -0.1) is 0 Å². The minimum atomic E-state index is 0.432. The van der Waals surface area contributed by atoms with Gasteiger partial charge in [-0.2, -0.15) is 5.26 Å². The summed E-state index contributed by atoms with van der Waals surface area (Å²) in [7, 11) is 0. The number of rotatable bonds is 4. The van der Waals surface area contributed by atoms with E-state index in [4.69, 9.17) is 22.1 Å². The summed E-state index contributed by atoms with van der Waals surface area (Å²) < 4.78 is 7.73. The maximum absolute atomic E-state index is 9.39. The largest absolute Gasteiger partial charge is 0.439 e. The second-order valence-corrected chi connectivity index (χ2v) is 5.97. The number of hydrogen-bond donors (Lipinski definition) is 1. The third kappa shape index (κ3) is 3.37. The molecule has 3 rings (SSSR count). The number of halogens is 1. The van der Waals surface area contributed by atoms with Crippen molar-refractivity contribution in [3.63, 3.8) is 0 Å². The van der Waals surface area contributed by atoms with Crippen LogP contribution in [0.25, 0.3) is 0 Å². The van der Waals surface area contributed by atoms with Crippen molar-refractivity contribution in [2.24, 2.45) is 0 Å². The lowest BCUT2D eigenvalue weighted by Crippen LogP contribution is -2.05. The van der Waals surface area contributed by atoms with Crippen molar-refractivity contribution < 1.29 is 4.74 Å². The smallest absolute Gasteiger partial charge is 0.224 e. The molecule has 0 atom stereocenters. The Bertz CT molecular complexity index is 907. The molecule has 2 aromatic carbocycles. The van der Waals surface area contributed by atoms with Crippen LogP contribution < -0.4 is 10.5 Å². The molecule has 0 aliphatic rings. The van der Waals surface area contributed by atoms with Gasteiger partial charge in [-0.3, -0.25) is 4.57 Å². The maximum Gasteiger partial charge on any atom is 0.224 e. The molecule has 0 radical (unpaired) electrons. The summed E-state index contributed by atoms with van der Waals surface area (Å²) in [6.07, 6.45) is 0. The van der Waals surface area contributed by atoms with E-state index < -0.39 is 0 Å². The van der Waals surface area contributed by atoms with E-state index in [-0.39, 0.29) is 0 Å². The molecule has 0 amide bonds. The molecular weight excluding hydrogens is 322 g/mol. The molecule has 0 aliphatic heterocycles. The topological polar surface area (TPSA) is 64.0 Å². The van der Waals surface area contributed by atoms with E-state index in [9.17, 15) is 5.26 Å². The number of anilines is 1. The molecule has 0 fully saturated rings. The molecule has 5 heteroatoms. The predicted octanol–water partition coefficient (Wildman–Crippen LogP) is 4.74. The number of benzene rings is 2. The van der Waals surface area contributed by atoms with Crippen molar-refractivity contribution in [3.8, 4) is 17.7 Å². The third-order valence-electron chi connectivity index (χ3n) is 3.65. The highest BCUT2D eigenvalue weighted by Gasteiger charge is 2.16. The van der Waals surface area contributed by atoms with Gasteiger partial charge in [0, 0.05) is 11.1 Å². The van der Waals surface area contributed by atoms with Gasteiger partial charge in [-0.25, -0.2) is 0 Å². The van der Waals surface area contributed by atoms with Crippen molar-refractivity contribution >= 4 is 17.3 Å². The fourth-order valence-corrected chi connectivity index (χ4v) is 2.60. The van der Waals surface area contributed by atoms with Gasteiger partial charge in [0.1, 0.15) is 17.5 Å². The number of nitrogens with two attached hydrogens (primary N) is 1. The van der Waals surface area contributed by atoms with Crippen LogP contribution >= 0.6 is 11.6 Å². The number of aryl methyl sites for hydroxylation is 1. The molecule has 0 spiro atoms. The fraction of sp³-hybridized carbons (Fsp3) is 0.105. The van der Waals surface area contributed by atoms with E-state index in [1.807, 2.05) is 55.5 Å². The van der Waals surface area contributed by atoms with Crippen molar-refractivity contribution in [1.29, 1.82) is 5.26 Å². The third-order valence-corrected chi connectivity index (χ3v) is 3.90. The predicted molar refractivity (Wildman–Crippen MR) is 95.4 cm³/mol. The van der Waals surface area contributed by atoms with E-state index >= 15 is 0 Å². The first-order valence-corrected chi connectivity index (χ1v) is 7.82. The Kier molecular flexibility index (Phi) is 4.45. The van der Waals surface area contributed by atoms with Crippen LogP contribution in [-0.2, 0) is 6.54 Å². The number of hydrogen-bond acceptors (Lipinski definition) is 3. The highest BCUT2D eigenvalue weighted by Crippen LogP contribution is 2.32. The van der Waals surface area contributed by atoms with Crippen molar-refractivity contribution in [1.82, 2.24) is 4.57 Å². The summed E-state index contributed by atoms with van der Waals surface area (Å²) in [6.45, 7) is 2.46. The van der Waals surface area contributed by atoms with Crippen molar-refractivity contribution in [3.05, 3.63) is 76.4 Å². The van der Waals surface area contributed by atoms with Crippen LogP contribution in [0, 0.1) is 18.3 Å². The number of ether oxygens (including phenoxy) is 1. The van der Waals surface area contributed by atoms with Crippen LogP contribution in [0.4, 0.5) is 5.69 Å². The van der Waals surface area contributed by atoms with E-state index in [1.54, 1.807) is 10.6 Å². The van der Waals surface area contributed by atoms with Crippen LogP contribution in [0.2, 0.25) is 5.02 Å². The molecule has 24 heavy (non-hydrogen) atoms. The Labute approximate surface area is 145 Å². The standard InChI is InChI=1S/C19H16ClN3O/c1-13-3-2-4-17(9-13)24-19-18(22)10-16(11-21)23(19)12-14-5-7-15(20)8-6-14/h2-10H,12,22H2,1H3. The lowest BCUT2D eigenvalue weighted by molar-refractivity contribution is 0.437. The van der Waals surface area contributed by atoms with E-state index in [2.05, 4.69) is 6.07 Å². The maximum atomic E-state index is 9.39. The quantitative estimate of drug-likeness (QED) is 0.747. The van der Waals surface area contributed by atoms with Crippen molar-refractivity contribution in [2.45, 2.75) is 13.5 Å². The zero-order valence-corrected chi connectivity index (χ0v) is 13.9. The Morgan fingerprint density at radius 2 is 1.92 bits per heavy atom. The number of aromatic nitrogens is 1. The van der Waals surface area contributed by atoms with Gasteiger partial charge in [-0.05, 0) is 42.3 Å². The molecule has 4 nitrogen and oxygen atoms in total. The molecular formula is C19H16ClN3O. The SMILES string of the molecule is Cc1cccc(Oc2c(N)cc(C#N)n2Cc2ccc(Cl)cc2)c1. The molecule has 0 saturated carbocycles. The lowest BCUT2D eigenvalue weighted by Gasteiger charge is -2.13. The second-order valence-electron chi connectivity index (χ2n) is 5.53. The Morgan fingerprint density at radius 3 is 2.58 bits per heavy atom. The van der Waals surface area contributed by atoms with Gasteiger partial charge in [-0.1, -0.05) is 35.9 Å². The van der Waals surface area contributed by atoms with Crippen LogP contribution in [0.1, 0.15) is 16.8 Å². The van der Waals surface area contributed by atoms with E-state index in [0.717, 1.165) is 11.1 Å². The number of nitrogen functional groups attached to an aromatic ring is 1. The van der Waals surface area contributed by atoms with Gasteiger partial charge in [0.25, 0.3) is 0 Å². The number of nitriles is 1. The molecule has 1 heterocycles. The number of nitrogens with zero attached hydrogens (tertiary/aromatic N) is 2. The summed E-state index contributed by atoms with van der Waals surface area (Å²) >= 11 is 5.93. The first-order valence-electron chi connectivity index (χ1n) is 7.45. The van der Waals surface area contributed by atoms with E-state index in [1.165, 1.54) is 0 Å². The first kappa shape index (κ1) is 16.0. The summed E-state index contributed by atoms with van der Waals surface area (Å²) in [6, 6.07) is 18.9. The summed E-state index contributed by atoms with van der Waals surface area (Å²) in [5, 5.41) is 10.1. The second kappa shape index (κ2) is 6.69. The fourth-order valence-electron chi connectivity index (χ4n) is 2.48. The zero-order chi connectivity index (χ0) is 17.1. The Balaban J connectivity index is 1.98. The summed E-state index contributed by atoms with van der Waals surface area (Å²) in [4.78, 5) is 0. The van der Waals surface area contributed by atoms with Crippen molar-refractivity contribution in [2.75, 3.05) is 5.73 Å². The molecule has 120 valence electrons. The van der Waals surface area contributed by atoms with E-state index in [0.29, 0.717) is 34.6 Å². The molecule has 3 aromatic rings. The molecule has 0 unspecified atom stereocenters. The van der Waals surface area contributed by atoms with Crippen LogP contribution in [0.3, 0.4) is 0 Å². The van der Waals surface area contributed by atoms with Crippen LogP contribution in [-0.4, -0.2) is 4.57 Å². The first-order chi connectivity index (χ1) is 11.6. The monoisotopic (exact) mass is 337 g/mol. The molecule has 0 bridgehead atoms. The highest BCUT2D eigenvalue weighted by molar-refractivity contribution is 6.30. The molecule has 0 saturated heterocycles. The van der Waals surface area contributed by atoms with Gasteiger partial charge < -0.3 is 10.5 Å². The summed E-state index contributed by atoms with van der Waals surface area (Å²) in [5.74, 6) is 1.15. The van der Waals surface area contributed by atoms with Gasteiger partial charge in [0.2, 0.25) is 5.88 Å². The van der Waals surface area contributed by atoms with Gasteiger partial charge in [0.05, 0.1) is 12.2 Å². The Hall–Kier alpha value is -2.90. The zero-order valence-electron chi connectivity index (χ0n) is 13.2. The van der Waals surface area contributed by atoms with Gasteiger partial charge in [0.15, 0.2) is 0 Å². The minimum absolute atomic E-state index is 0.432.